The lowest BCUT2D eigenvalue weighted by Crippen LogP contribution is -2.52. The van der Waals surface area contributed by atoms with Gasteiger partial charge in [0.1, 0.15) is 24.2 Å². The summed E-state index contributed by atoms with van der Waals surface area (Å²) >= 11 is 0. The third-order valence-electron chi connectivity index (χ3n) is 6.52. The summed E-state index contributed by atoms with van der Waals surface area (Å²) < 4.78 is 48.0. The summed E-state index contributed by atoms with van der Waals surface area (Å²) in [5, 5.41) is 2.84. The molecular weight excluding hydrogens is 545 g/mol. The number of ether oxygens (including phenoxy) is 1. The summed E-state index contributed by atoms with van der Waals surface area (Å²) in [6.45, 7) is 7.76. The van der Waals surface area contributed by atoms with Crippen molar-refractivity contribution in [1.29, 1.82) is 0 Å². The maximum absolute atomic E-state index is 14.0. The summed E-state index contributed by atoms with van der Waals surface area (Å²) in [6.07, 6.45) is 1.02. The molecule has 1 atom stereocenters. The molecule has 2 amide bonds. The second-order valence-electron chi connectivity index (χ2n) is 9.61. The summed E-state index contributed by atoms with van der Waals surface area (Å²) in [6, 6.07) is 17.6. The van der Waals surface area contributed by atoms with Crippen molar-refractivity contribution in [2.45, 2.75) is 58.0 Å². The summed E-state index contributed by atoms with van der Waals surface area (Å²) in [5.74, 6) is -0.797. The van der Waals surface area contributed by atoms with E-state index >= 15 is 0 Å². The minimum Gasteiger partial charge on any atom is -0.494 e. The number of carbonyl (C=O) groups is 2. The van der Waals surface area contributed by atoms with Crippen LogP contribution in [0.15, 0.2) is 77.7 Å². The first-order valence-corrected chi connectivity index (χ1v) is 15.2. The number of benzene rings is 3. The van der Waals surface area contributed by atoms with Crippen LogP contribution in [0.25, 0.3) is 0 Å². The smallest absolute Gasteiger partial charge is 0.264 e. The third kappa shape index (κ3) is 8.29. The normalized spacial score (nSPS) is 11.9. The van der Waals surface area contributed by atoms with Crippen LogP contribution in [0.4, 0.5) is 10.1 Å². The van der Waals surface area contributed by atoms with Gasteiger partial charge in [-0.05, 0) is 80.8 Å². The van der Waals surface area contributed by atoms with Crippen LogP contribution >= 0.6 is 0 Å². The highest BCUT2D eigenvalue weighted by atomic mass is 32.2. The van der Waals surface area contributed by atoms with Gasteiger partial charge in [-0.3, -0.25) is 13.9 Å². The number of hydrogen-bond acceptors (Lipinski definition) is 5. The summed E-state index contributed by atoms with van der Waals surface area (Å²) in [5.41, 5.74) is 1.84. The zero-order valence-electron chi connectivity index (χ0n) is 24.0. The van der Waals surface area contributed by atoms with Crippen molar-refractivity contribution >= 4 is 27.5 Å². The van der Waals surface area contributed by atoms with Gasteiger partial charge in [0.2, 0.25) is 11.8 Å². The van der Waals surface area contributed by atoms with E-state index in [1.54, 1.807) is 55.5 Å². The molecule has 0 spiro atoms. The summed E-state index contributed by atoms with van der Waals surface area (Å²) in [7, 11) is -4.19. The quantitative estimate of drug-likeness (QED) is 0.286. The Morgan fingerprint density at radius 2 is 1.56 bits per heavy atom. The van der Waals surface area contributed by atoms with Gasteiger partial charge in [-0.2, -0.15) is 0 Å². The lowest BCUT2D eigenvalue weighted by atomic mass is 10.1. The molecule has 3 aromatic carbocycles. The second kappa shape index (κ2) is 14.6. The minimum absolute atomic E-state index is 0.00199. The number of rotatable bonds is 14. The molecule has 0 radical (unpaired) electrons. The van der Waals surface area contributed by atoms with Gasteiger partial charge in [-0.15, -0.1) is 0 Å². The number of halogens is 1. The van der Waals surface area contributed by atoms with Gasteiger partial charge in [-0.1, -0.05) is 43.7 Å². The Morgan fingerprint density at radius 1 is 0.927 bits per heavy atom. The van der Waals surface area contributed by atoms with E-state index < -0.39 is 34.3 Å². The number of sulfonamides is 1. The Labute approximate surface area is 242 Å². The van der Waals surface area contributed by atoms with Gasteiger partial charge in [0.15, 0.2) is 0 Å². The van der Waals surface area contributed by atoms with E-state index in [9.17, 15) is 22.4 Å². The fourth-order valence-corrected chi connectivity index (χ4v) is 5.73. The van der Waals surface area contributed by atoms with Crippen molar-refractivity contribution in [1.82, 2.24) is 10.2 Å². The topological polar surface area (TPSA) is 96.0 Å². The molecule has 0 saturated heterocycles. The van der Waals surface area contributed by atoms with E-state index in [-0.39, 0.29) is 17.3 Å². The van der Waals surface area contributed by atoms with Gasteiger partial charge in [0.05, 0.1) is 17.2 Å². The maximum atomic E-state index is 14.0. The van der Waals surface area contributed by atoms with E-state index in [0.717, 1.165) is 16.3 Å². The first-order chi connectivity index (χ1) is 19.6. The van der Waals surface area contributed by atoms with E-state index in [1.165, 1.54) is 29.2 Å². The predicted octanol–water partition coefficient (Wildman–Crippen LogP) is 5.06. The van der Waals surface area contributed by atoms with E-state index in [2.05, 4.69) is 5.32 Å². The Bertz CT molecular complexity index is 1400. The van der Waals surface area contributed by atoms with E-state index in [1.807, 2.05) is 20.8 Å². The van der Waals surface area contributed by atoms with Crippen LogP contribution < -0.4 is 14.4 Å². The fraction of sp³-hybridized carbons (Fsp3) is 0.355. The van der Waals surface area contributed by atoms with Gasteiger partial charge in [0, 0.05) is 13.1 Å². The van der Waals surface area contributed by atoms with Crippen molar-refractivity contribution in [2.24, 2.45) is 0 Å². The van der Waals surface area contributed by atoms with E-state index in [4.69, 9.17) is 4.74 Å². The molecule has 41 heavy (non-hydrogen) atoms. The Kier molecular flexibility index (Phi) is 11.3. The highest BCUT2D eigenvalue weighted by Crippen LogP contribution is 2.26. The van der Waals surface area contributed by atoms with Crippen LogP contribution in [-0.4, -0.2) is 50.9 Å². The fourth-order valence-electron chi connectivity index (χ4n) is 4.31. The molecule has 220 valence electrons. The molecule has 10 heteroatoms. The van der Waals surface area contributed by atoms with Gasteiger partial charge >= 0.3 is 0 Å². The maximum Gasteiger partial charge on any atom is 0.264 e. The molecule has 1 N–H and O–H groups in total. The molecular formula is C31H38FN3O5S. The predicted molar refractivity (Wildman–Crippen MR) is 158 cm³/mol. The van der Waals surface area contributed by atoms with Crippen LogP contribution in [0.2, 0.25) is 0 Å². The molecule has 0 saturated carbocycles. The van der Waals surface area contributed by atoms with E-state index in [0.29, 0.717) is 36.6 Å². The standard InChI is InChI=1S/C31H38FN3O5S/c1-5-20-33-31(37)29(6-2)34(21-24-10-12-25(32)13-11-24)30(36)22-35(26-14-8-23(4)9-15-26)41(38,39)28-18-16-27(17-19-28)40-7-3/h8-19,29H,5-7,20-22H2,1-4H3,(H,33,37)/t29-/m0/s1. The minimum atomic E-state index is -4.19. The number of aryl methyl sites for hydroxylation is 1. The third-order valence-corrected chi connectivity index (χ3v) is 8.31. The van der Waals surface area contributed by atoms with Gasteiger partial charge in [0.25, 0.3) is 10.0 Å². The molecule has 0 heterocycles. The zero-order valence-corrected chi connectivity index (χ0v) is 24.8. The average molecular weight is 584 g/mol. The van der Waals surface area contributed by atoms with Crippen molar-refractivity contribution < 1.29 is 27.1 Å². The molecule has 3 aromatic rings. The number of hydrogen-bond donors (Lipinski definition) is 1. The molecule has 0 bridgehead atoms. The Balaban J connectivity index is 2.03. The number of amides is 2. The van der Waals surface area contributed by atoms with Crippen molar-refractivity contribution in [3.05, 3.63) is 89.7 Å². The largest absolute Gasteiger partial charge is 0.494 e. The molecule has 0 aliphatic rings. The SMILES string of the molecule is CCCNC(=O)[C@H](CC)N(Cc1ccc(F)cc1)C(=O)CN(c1ccc(C)cc1)S(=O)(=O)c1ccc(OCC)cc1. The zero-order chi connectivity index (χ0) is 30.0. The Hall–Kier alpha value is -3.92. The van der Waals surface area contributed by atoms with Crippen LogP contribution in [0, 0.1) is 12.7 Å². The van der Waals surface area contributed by atoms with Crippen molar-refractivity contribution in [3.63, 3.8) is 0 Å². The van der Waals surface area contributed by atoms with Crippen LogP contribution in [0.1, 0.15) is 44.7 Å². The highest BCUT2D eigenvalue weighted by molar-refractivity contribution is 7.92. The number of nitrogens with zero attached hydrogens (tertiary/aromatic N) is 2. The van der Waals surface area contributed by atoms with Crippen LogP contribution in [0.5, 0.6) is 5.75 Å². The van der Waals surface area contributed by atoms with Crippen LogP contribution in [0.3, 0.4) is 0 Å². The highest BCUT2D eigenvalue weighted by Gasteiger charge is 2.33. The van der Waals surface area contributed by atoms with Crippen molar-refractivity contribution in [2.75, 3.05) is 24.0 Å². The number of nitrogens with one attached hydrogen (secondary N) is 1. The first kappa shape index (κ1) is 31.6. The molecule has 3 rings (SSSR count). The van der Waals surface area contributed by atoms with Gasteiger partial charge < -0.3 is 15.0 Å². The Morgan fingerprint density at radius 3 is 2.12 bits per heavy atom. The van der Waals surface area contributed by atoms with Crippen molar-refractivity contribution in [3.8, 4) is 5.75 Å². The average Bonchev–Trinajstić information content (AvgIpc) is 2.96. The molecule has 0 aliphatic carbocycles. The lowest BCUT2D eigenvalue weighted by molar-refractivity contribution is -0.140. The first-order valence-electron chi connectivity index (χ1n) is 13.7. The van der Waals surface area contributed by atoms with Crippen LogP contribution in [-0.2, 0) is 26.2 Å². The molecule has 0 aliphatic heterocycles. The second-order valence-corrected chi connectivity index (χ2v) is 11.5. The summed E-state index contributed by atoms with van der Waals surface area (Å²) in [4.78, 5) is 28.5. The lowest BCUT2D eigenvalue weighted by Gasteiger charge is -2.33. The van der Waals surface area contributed by atoms with Gasteiger partial charge in [-0.25, -0.2) is 12.8 Å². The molecule has 0 unspecified atom stereocenters. The molecule has 0 fully saturated rings. The number of carbonyl (C=O) groups excluding carboxylic acids is 2. The monoisotopic (exact) mass is 583 g/mol. The molecule has 0 aromatic heterocycles. The number of anilines is 1. The molecule has 8 nitrogen and oxygen atoms in total.